The number of fused-ring (bicyclic) bond motifs is 1. The van der Waals surface area contributed by atoms with Gasteiger partial charge < -0.3 is 4.74 Å². The van der Waals surface area contributed by atoms with Crippen molar-refractivity contribution >= 4 is 17.6 Å². The van der Waals surface area contributed by atoms with Crippen molar-refractivity contribution in [3.8, 4) is 0 Å². The predicted molar refractivity (Wildman–Crippen MR) is 111 cm³/mol. The molecule has 3 aromatic carbocycles. The third kappa shape index (κ3) is 2.92. The van der Waals surface area contributed by atoms with E-state index < -0.39 is 12.2 Å². The summed E-state index contributed by atoms with van der Waals surface area (Å²) in [5.74, 6) is 0.00313. The molecule has 4 atom stereocenters. The number of nitrogens with one attached hydrogen (secondary N) is 1. The highest BCUT2D eigenvalue weighted by Gasteiger charge is 2.75. The summed E-state index contributed by atoms with van der Waals surface area (Å²) in [4.78, 5) is 25.5. The number of Topliss-reactive ketones (excluding diaryl/α,β-unsaturated/α-hetero) is 1. The Hall–Kier alpha value is -3.40. The van der Waals surface area contributed by atoms with Crippen molar-refractivity contribution in [2.75, 3.05) is 5.32 Å². The van der Waals surface area contributed by atoms with Crippen LogP contribution in [0.3, 0.4) is 0 Å². The van der Waals surface area contributed by atoms with Crippen LogP contribution in [0.1, 0.15) is 23.5 Å². The molecule has 0 unspecified atom stereocenters. The van der Waals surface area contributed by atoms with Crippen LogP contribution < -0.4 is 5.32 Å². The smallest absolute Gasteiger partial charge is 0.412 e. The number of ketones is 1. The van der Waals surface area contributed by atoms with Gasteiger partial charge in [-0.3, -0.25) is 10.1 Å². The number of benzene rings is 3. The minimum absolute atomic E-state index is 0.0194. The Bertz CT molecular complexity index is 1040. The van der Waals surface area contributed by atoms with Gasteiger partial charge in [0.15, 0.2) is 11.9 Å². The molecule has 1 amide bonds. The van der Waals surface area contributed by atoms with Gasteiger partial charge in [-0.1, -0.05) is 78.9 Å². The summed E-state index contributed by atoms with van der Waals surface area (Å²) in [5, 5.41) is 2.70. The molecule has 0 spiro atoms. The van der Waals surface area contributed by atoms with Gasteiger partial charge in [0.1, 0.15) is 0 Å². The number of carbonyl (C=O) groups is 2. The largest absolute Gasteiger partial charge is 0.438 e. The minimum atomic E-state index is -0.719. The predicted octanol–water partition coefficient (Wildman–Crippen LogP) is 4.93. The van der Waals surface area contributed by atoms with Gasteiger partial charge in [-0.15, -0.1) is 0 Å². The highest BCUT2D eigenvalue weighted by molar-refractivity contribution is 5.98. The van der Waals surface area contributed by atoms with Crippen LogP contribution >= 0.6 is 0 Å². The number of rotatable bonds is 4. The number of para-hydroxylation sites is 1. The van der Waals surface area contributed by atoms with Crippen LogP contribution in [-0.2, 0) is 14.9 Å². The molecule has 2 aliphatic carbocycles. The van der Waals surface area contributed by atoms with Crippen LogP contribution in [0, 0.1) is 5.92 Å². The highest BCUT2D eigenvalue weighted by atomic mass is 16.6. The van der Waals surface area contributed by atoms with E-state index in [1.54, 1.807) is 12.1 Å². The quantitative estimate of drug-likeness (QED) is 0.695. The number of hydrogen-bond acceptors (Lipinski definition) is 3. The van der Waals surface area contributed by atoms with E-state index in [2.05, 4.69) is 29.6 Å². The molecule has 0 saturated heterocycles. The molecule has 29 heavy (non-hydrogen) atoms. The lowest BCUT2D eigenvalue weighted by Gasteiger charge is -2.20. The second-order valence-electron chi connectivity index (χ2n) is 7.76. The summed E-state index contributed by atoms with van der Waals surface area (Å²) in [5.41, 5.74) is 2.66. The number of ether oxygens (including phenoxy) is 1. The molecule has 4 heteroatoms. The zero-order valence-corrected chi connectivity index (χ0v) is 15.8. The van der Waals surface area contributed by atoms with Gasteiger partial charge in [-0.05, 0) is 23.3 Å². The molecule has 0 heterocycles. The van der Waals surface area contributed by atoms with E-state index in [1.807, 2.05) is 54.6 Å². The van der Waals surface area contributed by atoms with Crippen LogP contribution in [0.25, 0.3) is 0 Å². The Labute approximate surface area is 169 Å². The van der Waals surface area contributed by atoms with Crippen molar-refractivity contribution in [1.29, 1.82) is 0 Å². The molecular formula is C25H21NO3. The first-order valence-electron chi connectivity index (χ1n) is 9.87. The summed E-state index contributed by atoms with van der Waals surface area (Å²) in [6.07, 6.45) is -0.790. The van der Waals surface area contributed by atoms with Crippen LogP contribution in [0.15, 0.2) is 91.0 Å². The fraction of sp³-hybridized carbons (Fsp3) is 0.200. The molecule has 0 aromatic heterocycles. The Morgan fingerprint density at radius 3 is 2.07 bits per heavy atom. The Balaban J connectivity index is 1.39. The average Bonchev–Trinajstić information content (AvgIpc) is 3.35. The fourth-order valence-corrected chi connectivity index (χ4v) is 4.99. The maximum atomic E-state index is 13.2. The SMILES string of the molecule is O=C(Nc1ccccc1)O[C@@H]1C[C@]2(c3ccccc3)[C@H](c3ccccc3)[C@@H]2C1=O. The lowest BCUT2D eigenvalue weighted by Crippen LogP contribution is -2.29. The maximum absolute atomic E-state index is 13.2. The zero-order valence-electron chi connectivity index (χ0n) is 15.8. The molecule has 4 nitrogen and oxygen atoms in total. The minimum Gasteiger partial charge on any atom is -0.438 e. The molecule has 2 aliphatic rings. The summed E-state index contributed by atoms with van der Waals surface area (Å²) in [6, 6.07) is 29.4. The van der Waals surface area contributed by atoms with Crippen LogP contribution in [-0.4, -0.2) is 18.0 Å². The molecule has 5 rings (SSSR count). The molecular weight excluding hydrogens is 362 g/mol. The van der Waals surface area contributed by atoms with Crippen molar-refractivity contribution in [2.45, 2.75) is 23.9 Å². The monoisotopic (exact) mass is 383 g/mol. The average molecular weight is 383 g/mol. The van der Waals surface area contributed by atoms with E-state index in [1.165, 1.54) is 5.56 Å². The van der Waals surface area contributed by atoms with Crippen LogP contribution in [0.4, 0.5) is 10.5 Å². The number of amides is 1. The first kappa shape index (κ1) is 17.7. The summed E-state index contributed by atoms with van der Waals surface area (Å²) < 4.78 is 5.56. The Morgan fingerprint density at radius 2 is 1.41 bits per heavy atom. The Kier molecular flexibility index (Phi) is 4.20. The van der Waals surface area contributed by atoms with E-state index >= 15 is 0 Å². The van der Waals surface area contributed by atoms with Gasteiger partial charge in [0.2, 0.25) is 0 Å². The van der Waals surface area contributed by atoms with Gasteiger partial charge in [0.05, 0.1) is 0 Å². The van der Waals surface area contributed by atoms with Crippen molar-refractivity contribution in [3.05, 3.63) is 102 Å². The topological polar surface area (TPSA) is 55.4 Å². The summed E-state index contributed by atoms with van der Waals surface area (Å²) in [6.45, 7) is 0. The molecule has 1 N–H and O–H groups in total. The first-order chi connectivity index (χ1) is 14.2. The Morgan fingerprint density at radius 1 is 0.828 bits per heavy atom. The lowest BCUT2D eigenvalue weighted by atomic mass is 9.87. The highest BCUT2D eigenvalue weighted by Crippen LogP contribution is 2.72. The van der Waals surface area contributed by atoms with Crippen molar-refractivity contribution in [1.82, 2.24) is 0 Å². The van der Waals surface area contributed by atoms with Crippen LogP contribution in [0.5, 0.6) is 0 Å². The van der Waals surface area contributed by atoms with E-state index in [4.69, 9.17) is 4.74 Å². The van der Waals surface area contributed by atoms with E-state index in [9.17, 15) is 9.59 Å². The summed E-state index contributed by atoms with van der Waals surface area (Å²) >= 11 is 0. The standard InChI is InChI=1S/C25H21NO3/c27-23-20(29-24(28)26-19-14-8-3-9-15-19)16-25(18-12-6-2-7-13-18)21(22(23)25)17-10-4-1-5-11-17/h1-15,20-22H,16H2,(H,26,28)/t20-,21-,22-,25+/m1/s1. The maximum Gasteiger partial charge on any atom is 0.412 e. The molecule has 0 bridgehead atoms. The van der Waals surface area contributed by atoms with E-state index in [-0.39, 0.29) is 23.0 Å². The third-order valence-electron chi connectivity index (χ3n) is 6.22. The first-order valence-corrected chi connectivity index (χ1v) is 9.87. The van der Waals surface area contributed by atoms with Gasteiger partial charge >= 0.3 is 6.09 Å². The normalized spacial score (nSPS) is 27.2. The molecule has 0 radical (unpaired) electrons. The van der Waals surface area contributed by atoms with Crippen molar-refractivity contribution < 1.29 is 14.3 Å². The molecule has 0 aliphatic heterocycles. The number of carbonyl (C=O) groups excluding carboxylic acids is 2. The molecule has 2 saturated carbocycles. The van der Waals surface area contributed by atoms with Gasteiger partial charge in [-0.2, -0.15) is 0 Å². The lowest BCUT2D eigenvalue weighted by molar-refractivity contribution is -0.126. The summed E-state index contributed by atoms with van der Waals surface area (Å²) in [7, 11) is 0. The number of hydrogen-bond donors (Lipinski definition) is 1. The van der Waals surface area contributed by atoms with Gasteiger partial charge in [0.25, 0.3) is 0 Å². The van der Waals surface area contributed by atoms with Gasteiger partial charge in [-0.25, -0.2) is 4.79 Å². The third-order valence-corrected chi connectivity index (χ3v) is 6.22. The molecule has 144 valence electrons. The van der Waals surface area contributed by atoms with Gasteiger partial charge in [0, 0.05) is 29.4 Å². The second-order valence-corrected chi connectivity index (χ2v) is 7.76. The van der Waals surface area contributed by atoms with E-state index in [0.717, 1.165) is 5.56 Å². The molecule has 2 fully saturated rings. The number of anilines is 1. The van der Waals surface area contributed by atoms with Crippen molar-refractivity contribution in [2.24, 2.45) is 5.92 Å². The fourth-order valence-electron chi connectivity index (χ4n) is 4.99. The second kappa shape index (κ2) is 6.89. The molecule has 3 aromatic rings. The van der Waals surface area contributed by atoms with E-state index in [0.29, 0.717) is 12.1 Å². The van der Waals surface area contributed by atoms with Crippen LogP contribution in [0.2, 0.25) is 0 Å². The zero-order chi connectivity index (χ0) is 19.8. The van der Waals surface area contributed by atoms with Crippen molar-refractivity contribution in [3.63, 3.8) is 0 Å².